The van der Waals surface area contributed by atoms with Crippen LogP contribution in [0.3, 0.4) is 0 Å². The third-order valence-corrected chi connectivity index (χ3v) is 3.18. The Morgan fingerprint density at radius 3 is 2.86 bits per heavy atom. The van der Waals surface area contributed by atoms with Gasteiger partial charge < -0.3 is 4.57 Å². The smallest absolute Gasteiger partial charge is 0.140 e. The topological polar surface area (TPSA) is 34.9 Å². The van der Waals surface area contributed by atoms with Crippen molar-refractivity contribution in [1.29, 1.82) is 0 Å². The highest BCUT2D eigenvalue weighted by atomic mass is 79.9. The number of aromatic nitrogens is 2. The standard InChI is InChI=1S/C10H13BrN2O/c1-6(2)10-12-9(11)8-5-7(14)3-4-13(8)10/h6H,3-5H2,1-2H3. The first kappa shape index (κ1) is 9.90. The molecule has 1 aromatic heterocycles. The highest BCUT2D eigenvalue weighted by molar-refractivity contribution is 9.10. The predicted molar refractivity (Wildman–Crippen MR) is 57.3 cm³/mol. The molecule has 4 heteroatoms. The fraction of sp³-hybridized carbons (Fsp3) is 0.600. The second-order valence-electron chi connectivity index (χ2n) is 3.98. The summed E-state index contributed by atoms with van der Waals surface area (Å²) in [5, 5.41) is 0. The number of imidazole rings is 1. The Bertz CT molecular complexity index is 382. The lowest BCUT2D eigenvalue weighted by Crippen LogP contribution is -2.20. The maximum atomic E-state index is 11.3. The molecule has 0 spiro atoms. The van der Waals surface area contributed by atoms with Crippen LogP contribution >= 0.6 is 15.9 Å². The van der Waals surface area contributed by atoms with Gasteiger partial charge in [0.2, 0.25) is 0 Å². The van der Waals surface area contributed by atoms with Crippen LogP contribution in [0.4, 0.5) is 0 Å². The first-order valence-electron chi connectivity index (χ1n) is 4.86. The maximum absolute atomic E-state index is 11.3. The molecule has 0 N–H and O–H groups in total. The first-order chi connectivity index (χ1) is 6.59. The van der Waals surface area contributed by atoms with Gasteiger partial charge in [0, 0.05) is 25.3 Å². The van der Waals surface area contributed by atoms with E-state index in [-0.39, 0.29) is 0 Å². The average Bonchev–Trinajstić information content (AvgIpc) is 2.44. The first-order valence-corrected chi connectivity index (χ1v) is 5.65. The van der Waals surface area contributed by atoms with Crippen LogP contribution in [0.1, 0.15) is 37.7 Å². The number of nitrogens with zero attached hydrogens (tertiary/aromatic N) is 2. The van der Waals surface area contributed by atoms with Gasteiger partial charge >= 0.3 is 0 Å². The minimum Gasteiger partial charge on any atom is -0.330 e. The minimum absolute atomic E-state index is 0.313. The Morgan fingerprint density at radius 1 is 1.50 bits per heavy atom. The number of carbonyl (C=O) groups is 1. The maximum Gasteiger partial charge on any atom is 0.140 e. The van der Waals surface area contributed by atoms with Gasteiger partial charge in [-0.1, -0.05) is 13.8 Å². The molecule has 0 fully saturated rings. The Hall–Kier alpha value is -0.640. The molecule has 1 aliphatic heterocycles. The summed E-state index contributed by atoms with van der Waals surface area (Å²) < 4.78 is 3.02. The molecule has 0 aromatic carbocycles. The molecule has 0 unspecified atom stereocenters. The molecule has 14 heavy (non-hydrogen) atoms. The number of hydrogen-bond donors (Lipinski definition) is 0. The van der Waals surface area contributed by atoms with E-state index in [1.54, 1.807) is 0 Å². The molecule has 1 aliphatic rings. The van der Waals surface area contributed by atoms with E-state index in [0.717, 1.165) is 22.7 Å². The Kier molecular flexibility index (Phi) is 2.47. The molecule has 0 aliphatic carbocycles. The summed E-state index contributed by atoms with van der Waals surface area (Å²) >= 11 is 3.41. The highest BCUT2D eigenvalue weighted by Gasteiger charge is 2.23. The molecule has 2 rings (SSSR count). The molecular formula is C10H13BrN2O. The normalized spacial score (nSPS) is 16.1. The lowest BCUT2D eigenvalue weighted by Gasteiger charge is -2.17. The van der Waals surface area contributed by atoms with Crippen molar-refractivity contribution in [1.82, 2.24) is 9.55 Å². The molecule has 0 atom stereocenters. The SMILES string of the molecule is CC(C)c1nc(Br)c2n1CCC(=O)C2. The summed E-state index contributed by atoms with van der Waals surface area (Å²) in [6.07, 6.45) is 1.18. The summed E-state index contributed by atoms with van der Waals surface area (Å²) in [4.78, 5) is 15.7. The van der Waals surface area contributed by atoms with Crippen molar-refractivity contribution in [2.75, 3.05) is 0 Å². The number of ketones is 1. The summed E-state index contributed by atoms with van der Waals surface area (Å²) in [7, 11) is 0. The zero-order chi connectivity index (χ0) is 10.3. The van der Waals surface area contributed by atoms with E-state index in [9.17, 15) is 4.79 Å². The molecule has 1 aromatic rings. The van der Waals surface area contributed by atoms with Crippen LogP contribution in [-0.4, -0.2) is 15.3 Å². The predicted octanol–water partition coefficient (Wildman–Crippen LogP) is 2.28. The Labute approximate surface area is 91.6 Å². The highest BCUT2D eigenvalue weighted by Crippen LogP contribution is 2.26. The molecule has 0 saturated heterocycles. The zero-order valence-electron chi connectivity index (χ0n) is 8.38. The van der Waals surface area contributed by atoms with Crippen LogP contribution in [0.15, 0.2) is 4.60 Å². The van der Waals surface area contributed by atoms with Crippen molar-refractivity contribution in [3.05, 3.63) is 16.1 Å². The minimum atomic E-state index is 0.313. The lowest BCUT2D eigenvalue weighted by atomic mass is 10.1. The zero-order valence-corrected chi connectivity index (χ0v) is 9.97. The van der Waals surface area contributed by atoms with Gasteiger partial charge in [0.25, 0.3) is 0 Å². The van der Waals surface area contributed by atoms with Crippen LogP contribution in [0.25, 0.3) is 0 Å². The largest absolute Gasteiger partial charge is 0.330 e. The number of rotatable bonds is 1. The van der Waals surface area contributed by atoms with Crippen molar-refractivity contribution in [3.63, 3.8) is 0 Å². The Morgan fingerprint density at radius 2 is 2.21 bits per heavy atom. The van der Waals surface area contributed by atoms with Crippen LogP contribution in [0, 0.1) is 0 Å². The van der Waals surface area contributed by atoms with E-state index in [2.05, 4.69) is 39.3 Å². The number of hydrogen-bond acceptors (Lipinski definition) is 2. The molecule has 0 amide bonds. The molecule has 0 saturated carbocycles. The summed E-state index contributed by atoms with van der Waals surface area (Å²) in [5.41, 5.74) is 1.05. The van der Waals surface area contributed by atoms with Crippen molar-refractivity contribution in [2.24, 2.45) is 0 Å². The summed E-state index contributed by atoms with van der Waals surface area (Å²) in [5.74, 6) is 1.81. The van der Waals surface area contributed by atoms with Crippen molar-refractivity contribution < 1.29 is 4.79 Å². The van der Waals surface area contributed by atoms with Crippen molar-refractivity contribution in [3.8, 4) is 0 Å². The van der Waals surface area contributed by atoms with Crippen LogP contribution in [0.5, 0.6) is 0 Å². The van der Waals surface area contributed by atoms with Crippen LogP contribution in [-0.2, 0) is 17.8 Å². The third kappa shape index (κ3) is 1.52. The third-order valence-electron chi connectivity index (χ3n) is 2.55. The van der Waals surface area contributed by atoms with Gasteiger partial charge in [-0.25, -0.2) is 4.98 Å². The fourth-order valence-electron chi connectivity index (χ4n) is 1.85. The van der Waals surface area contributed by atoms with E-state index in [4.69, 9.17) is 0 Å². The summed E-state index contributed by atoms with van der Waals surface area (Å²) in [6.45, 7) is 5.04. The van der Waals surface area contributed by atoms with Crippen LogP contribution < -0.4 is 0 Å². The second kappa shape index (κ2) is 3.50. The van der Waals surface area contributed by atoms with Crippen molar-refractivity contribution in [2.45, 2.75) is 39.2 Å². The number of halogens is 1. The number of fused-ring (bicyclic) bond motifs is 1. The van der Waals surface area contributed by atoms with Gasteiger partial charge in [0.1, 0.15) is 16.2 Å². The van der Waals surface area contributed by atoms with E-state index in [0.29, 0.717) is 24.5 Å². The monoisotopic (exact) mass is 256 g/mol. The molecular weight excluding hydrogens is 244 g/mol. The van der Waals surface area contributed by atoms with Gasteiger partial charge in [-0.05, 0) is 15.9 Å². The quantitative estimate of drug-likeness (QED) is 0.773. The molecule has 2 heterocycles. The van der Waals surface area contributed by atoms with Crippen LogP contribution in [0.2, 0.25) is 0 Å². The van der Waals surface area contributed by atoms with E-state index < -0.39 is 0 Å². The van der Waals surface area contributed by atoms with E-state index in [1.807, 2.05) is 0 Å². The van der Waals surface area contributed by atoms with Gasteiger partial charge in [-0.2, -0.15) is 0 Å². The molecule has 76 valence electrons. The second-order valence-corrected chi connectivity index (χ2v) is 4.73. The lowest BCUT2D eigenvalue weighted by molar-refractivity contribution is -0.119. The Balaban J connectivity index is 2.48. The number of carbonyl (C=O) groups excluding carboxylic acids is 1. The van der Waals surface area contributed by atoms with E-state index in [1.165, 1.54) is 0 Å². The molecule has 0 radical (unpaired) electrons. The van der Waals surface area contributed by atoms with Gasteiger partial charge in [0.05, 0.1) is 5.69 Å². The fourth-order valence-corrected chi connectivity index (χ4v) is 2.38. The average molecular weight is 257 g/mol. The van der Waals surface area contributed by atoms with Gasteiger partial charge in [-0.15, -0.1) is 0 Å². The van der Waals surface area contributed by atoms with Gasteiger partial charge in [-0.3, -0.25) is 4.79 Å². The molecule has 3 nitrogen and oxygen atoms in total. The van der Waals surface area contributed by atoms with E-state index >= 15 is 0 Å². The summed E-state index contributed by atoms with van der Waals surface area (Å²) in [6, 6.07) is 0. The van der Waals surface area contributed by atoms with Crippen molar-refractivity contribution >= 4 is 21.7 Å². The van der Waals surface area contributed by atoms with Gasteiger partial charge in [0.15, 0.2) is 0 Å². The number of Topliss-reactive ketones (excluding diaryl/α,β-unsaturated/α-hetero) is 1. The molecule has 0 bridgehead atoms.